The second-order valence-electron chi connectivity index (χ2n) is 7.54. The molecule has 0 radical (unpaired) electrons. The quantitative estimate of drug-likeness (QED) is 0.681. The van der Waals surface area contributed by atoms with Gasteiger partial charge in [-0.25, -0.2) is 0 Å². The predicted octanol–water partition coefficient (Wildman–Crippen LogP) is 2.58. The number of hydrogen-bond acceptors (Lipinski definition) is 2. The number of ketones is 1. The van der Waals surface area contributed by atoms with E-state index >= 15 is 0 Å². The van der Waals surface area contributed by atoms with Gasteiger partial charge in [0.1, 0.15) is 5.78 Å². The van der Waals surface area contributed by atoms with Crippen LogP contribution >= 0.6 is 0 Å². The summed E-state index contributed by atoms with van der Waals surface area (Å²) < 4.78 is 0. The fourth-order valence-corrected chi connectivity index (χ4v) is 2.96. The lowest BCUT2D eigenvalue weighted by molar-refractivity contribution is -0.128. The maximum absolute atomic E-state index is 12.2. The van der Waals surface area contributed by atoms with E-state index < -0.39 is 0 Å². The van der Waals surface area contributed by atoms with Crippen molar-refractivity contribution in [3.63, 3.8) is 0 Å². The third-order valence-electron chi connectivity index (χ3n) is 4.18. The fraction of sp³-hybridized carbons (Fsp3) is 0.929. The second-order valence-corrected chi connectivity index (χ2v) is 7.54. The molecule has 2 fully saturated rings. The van der Waals surface area contributed by atoms with Crippen LogP contribution in [-0.4, -0.2) is 29.3 Å². The standard InChI is InChI=1S/C14H25NO/c1-13(2,3)12(16)11-9-7-15(8-10(9)11)14(4,5)6/h9-11H,7-8H2,1-6H3. The Kier molecular flexibility index (Phi) is 2.51. The normalized spacial score (nSPS) is 35.0. The summed E-state index contributed by atoms with van der Waals surface area (Å²) in [6, 6.07) is 0. The maximum atomic E-state index is 12.2. The Morgan fingerprint density at radius 2 is 1.44 bits per heavy atom. The Morgan fingerprint density at radius 3 is 1.75 bits per heavy atom. The molecule has 2 atom stereocenters. The number of piperidine rings is 1. The summed E-state index contributed by atoms with van der Waals surface area (Å²) in [6.45, 7) is 15.2. The Morgan fingerprint density at radius 1 is 1.00 bits per heavy atom. The molecule has 2 aliphatic rings. The van der Waals surface area contributed by atoms with E-state index in [0.29, 0.717) is 23.5 Å². The first-order valence-corrected chi connectivity index (χ1v) is 6.42. The SMILES string of the molecule is CC(C)(C)C(=O)C1C2CN(C(C)(C)C)CC21. The highest BCUT2D eigenvalue weighted by Gasteiger charge is 2.61. The molecule has 0 N–H and O–H groups in total. The van der Waals surface area contributed by atoms with Gasteiger partial charge in [-0.05, 0) is 32.6 Å². The molecule has 2 heteroatoms. The highest BCUT2D eigenvalue weighted by molar-refractivity contribution is 5.89. The van der Waals surface area contributed by atoms with Crippen LogP contribution in [0.3, 0.4) is 0 Å². The summed E-state index contributed by atoms with van der Waals surface area (Å²) in [5, 5.41) is 0. The van der Waals surface area contributed by atoms with Gasteiger partial charge in [0.2, 0.25) is 0 Å². The third kappa shape index (κ3) is 1.92. The van der Waals surface area contributed by atoms with Gasteiger partial charge in [0.05, 0.1) is 0 Å². The van der Waals surface area contributed by atoms with Crippen LogP contribution in [0.1, 0.15) is 41.5 Å². The lowest BCUT2D eigenvalue weighted by atomic mass is 9.86. The summed E-state index contributed by atoms with van der Waals surface area (Å²) in [5.41, 5.74) is 0.115. The molecule has 0 amide bonds. The molecule has 2 rings (SSSR count). The van der Waals surface area contributed by atoms with Crippen molar-refractivity contribution in [2.24, 2.45) is 23.2 Å². The average molecular weight is 223 g/mol. The lowest BCUT2D eigenvalue weighted by Crippen LogP contribution is -2.42. The number of Topliss-reactive ketones (excluding diaryl/α,β-unsaturated/α-hetero) is 1. The molecule has 0 aromatic carbocycles. The molecule has 1 aliphatic carbocycles. The Balaban J connectivity index is 1.95. The first-order valence-electron chi connectivity index (χ1n) is 6.42. The van der Waals surface area contributed by atoms with Crippen LogP contribution in [0, 0.1) is 23.2 Å². The summed E-state index contributed by atoms with van der Waals surface area (Å²) in [7, 11) is 0. The molecule has 1 aliphatic heterocycles. The summed E-state index contributed by atoms with van der Waals surface area (Å²) in [6.07, 6.45) is 0. The van der Waals surface area contributed by atoms with Crippen LogP contribution in [0.5, 0.6) is 0 Å². The van der Waals surface area contributed by atoms with Crippen molar-refractivity contribution in [1.82, 2.24) is 4.90 Å². The van der Waals surface area contributed by atoms with Gasteiger partial charge in [0.25, 0.3) is 0 Å². The Hall–Kier alpha value is -0.370. The van der Waals surface area contributed by atoms with Crippen molar-refractivity contribution >= 4 is 5.78 Å². The van der Waals surface area contributed by atoms with Gasteiger partial charge < -0.3 is 0 Å². The van der Waals surface area contributed by atoms with Crippen LogP contribution in [0.25, 0.3) is 0 Å². The third-order valence-corrected chi connectivity index (χ3v) is 4.18. The van der Waals surface area contributed by atoms with E-state index in [4.69, 9.17) is 0 Å². The Bertz CT molecular complexity index is 296. The zero-order valence-electron chi connectivity index (χ0n) is 11.5. The van der Waals surface area contributed by atoms with Crippen LogP contribution in [0.4, 0.5) is 0 Å². The predicted molar refractivity (Wildman–Crippen MR) is 66.3 cm³/mol. The molecule has 16 heavy (non-hydrogen) atoms. The smallest absolute Gasteiger partial charge is 0.141 e. The summed E-state index contributed by atoms with van der Waals surface area (Å²) >= 11 is 0. The van der Waals surface area contributed by atoms with E-state index in [9.17, 15) is 4.79 Å². The van der Waals surface area contributed by atoms with Crippen molar-refractivity contribution in [2.45, 2.75) is 47.1 Å². The van der Waals surface area contributed by atoms with Crippen molar-refractivity contribution in [2.75, 3.05) is 13.1 Å². The minimum atomic E-state index is -0.151. The molecular weight excluding hydrogens is 198 g/mol. The van der Waals surface area contributed by atoms with Crippen molar-refractivity contribution in [3.8, 4) is 0 Å². The fourth-order valence-electron chi connectivity index (χ4n) is 2.96. The van der Waals surface area contributed by atoms with Gasteiger partial charge in [-0.1, -0.05) is 20.8 Å². The maximum Gasteiger partial charge on any atom is 0.141 e. The van der Waals surface area contributed by atoms with E-state index in [-0.39, 0.29) is 11.0 Å². The van der Waals surface area contributed by atoms with Gasteiger partial charge >= 0.3 is 0 Å². The molecule has 0 bridgehead atoms. The number of likely N-dealkylation sites (tertiary alicyclic amines) is 1. The van der Waals surface area contributed by atoms with E-state index in [2.05, 4.69) is 25.7 Å². The number of carbonyl (C=O) groups excluding carboxylic acids is 1. The topological polar surface area (TPSA) is 20.3 Å². The van der Waals surface area contributed by atoms with Crippen LogP contribution < -0.4 is 0 Å². The van der Waals surface area contributed by atoms with E-state index in [1.165, 1.54) is 0 Å². The van der Waals surface area contributed by atoms with Crippen molar-refractivity contribution in [1.29, 1.82) is 0 Å². The largest absolute Gasteiger partial charge is 0.299 e. The minimum absolute atomic E-state index is 0.151. The first kappa shape index (κ1) is 12.1. The van der Waals surface area contributed by atoms with E-state index in [1.807, 2.05) is 20.8 Å². The molecule has 2 unspecified atom stereocenters. The lowest BCUT2D eigenvalue weighted by Gasteiger charge is -2.34. The Labute approximate surface area is 99.4 Å². The van der Waals surface area contributed by atoms with E-state index in [1.54, 1.807) is 0 Å². The van der Waals surface area contributed by atoms with Gasteiger partial charge in [0.15, 0.2) is 0 Å². The van der Waals surface area contributed by atoms with E-state index in [0.717, 1.165) is 13.1 Å². The summed E-state index contributed by atoms with van der Waals surface area (Å²) in [4.78, 5) is 14.7. The van der Waals surface area contributed by atoms with Crippen LogP contribution in [-0.2, 0) is 4.79 Å². The van der Waals surface area contributed by atoms with Crippen LogP contribution in [0.2, 0.25) is 0 Å². The molecule has 1 heterocycles. The molecule has 0 aromatic rings. The van der Waals surface area contributed by atoms with Gasteiger partial charge in [0, 0.05) is 30.0 Å². The molecule has 92 valence electrons. The minimum Gasteiger partial charge on any atom is -0.299 e. The van der Waals surface area contributed by atoms with Gasteiger partial charge in [-0.3, -0.25) is 9.69 Å². The molecule has 0 aromatic heterocycles. The number of hydrogen-bond donors (Lipinski definition) is 0. The molecular formula is C14H25NO. The first-order chi connectivity index (χ1) is 7.12. The van der Waals surface area contributed by atoms with Gasteiger partial charge in [-0.2, -0.15) is 0 Å². The van der Waals surface area contributed by atoms with Crippen LogP contribution in [0.15, 0.2) is 0 Å². The highest BCUT2D eigenvalue weighted by atomic mass is 16.1. The average Bonchev–Trinajstić information content (AvgIpc) is 2.53. The number of rotatable bonds is 1. The second kappa shape index (κ2) is 3.32. The highest BCUT2D eigenvalue weighted by Crippen LogP contribution is 2.55. The number of fused-ring (bicyclic) bond motifs is 1. The zero-order valence-corrected chi connectivity index (χ0v) is 11.5. The molecule has 2 nitrogen and oxygen atoms in total. The molecule has 1 saturated carbocycles. The zero-order chi connectivity index (χ0) is 12.3. The summed E-state index contributed by atoms with van der Waals surface area (Å²) in [5.74, 6) is 2.17. The van der Waals surface area contributed by atoms with Crippen molar-refractivity contribution in [3.05, 3.63) is 0 Å². The molecule has 0 spiro atoms. The van der Waals surface area contributed by atoms with Gasteiger partial charge in [-0.15, -0.1) is 0 Å². The van der Waals surface area contributed by atoms with Crippen molar-refractivity contribution < 1.29 is 4.79 Å². The monoisotopic (exact) mass is 223 g/mol. The molecule has 1 saturated heterocycles. The number of nitrogens with zero attached hydrogens (tertiary/aromatic N) is 1. The number of carbonyl (C=O) groups is 1.